The number of hydrogen-bond donors (Lipinski definition) is 1. The largest absolute Gasteiger partial charge is 0.307 e. The molecule has 0 heterocycles. The number of benzene rings is 1. The summed E-state index contributed by atoms with van der Waals surface area (Å²) in [6.45, 7) is 4.59. The Morgan fingerprint density at radius 3 is 2.82 bits per heavy atom. The third-order valence-electron chi connectivity index (χ3n) is 3.94. The quantitative estimate of drug-likeness (QED) is 0.827. The summed E-state index contributed by atoms with van der Waals surface area (Å²) in [6.07, 6.45) is 5.16. The molecule has 2 rings (SSSR count). The fraction of sp³-hybridized carbons (Fsp3) is 0.600. The summed E-state index contributed by atoms with van der Waals surface area (Å²) in [4.78, 5) is 0. The van der Waals surface area contributed by atoms with Crippen molar-refractivity contribution in [3.05, 3.63) is 34.9 Å². The third kappa shape index (κ3) is 3.23. The van der Waals surface area contributed by atoms with Crippen LogP contribution < -0.4 is 5.32 Å². The summed E-state index contributed by atoms with van der Waals surface area (Å²) in [7, 11) is 0. The Kier molecular flexibility index (Phi) is 4.47. The highest BCUT2D eigenvalue weighted by atomic mass is 35.5. The fourth-order valence-electron chi connectivity index (χ4n) is 2.82. The zero-order chi connectivity index (χ0) is 12.3. The average Bonchev–Trinajstić information content (AvgIpc) is 2.71. The third-order valence-corrected chi connectivity index (χ3v) is 4.17. The molecule has 1 aliphatic rings. The lowest BCUT2D eigenvalue weighted by molar-refractivity contribution is 0.370. The molecule has 17 heavy (non-hydrogen) atoms. The van der Waals surface area contributed by atoms with Crippen molar-refractivity contribution in [3.63, 3.8) is 0 Å². The van der Waals surface area contributed by atoms with Gasteiger partial charge in [-0.15, -0.1) is 0 Å². The maximum absolute atomic E-state index is 6.06. The van der Waals surface area contributed by atoms with Gasteiger partial charge in [0.25, 0.3) is 0 Å². The van der Waals surface area contributed by atoms with Gasteiger partial charge in [0.15, 0.2) is 0 Å². The molecule has 0 bridgehead atoms. The summed E-state index contributed by atoms with van der Waals surface area (Å²) in [5.74, 6) is 0.809. The van der Waals surface area contributed by atoms with Crippen LogP contribution in [0.2, 0.25) is 5.02 Å². The first kappa shape index (κ1) is 12.9. The monoisotopic (exact) mass is 251 g/mol. The lowest BCUT2D eigenvalue weighted by Gasteiger charge is -2.25. The molecule has 1 nitrogen and oxygen atoms in total. The Morgan fingerprint density at radius 2 is 2.24 bits per heavy atom. The minimum absolute atomic E-state index is 0.444. The molecule has 0 aromatic heterocycles. The van der Waals surface area contributed by atoms with Crippen LogP contribution in [0.15, 0.2) is 24.3 Å². The number of rotatable bonds is 4. The van der Waals surface area contributed by atoms with E-state index < -0.39 is 0 Å². The molecule has 1 aromatic rings. The van der Waals surface area contributed by atoms with Crippen molar-refractivity contribution in [1.29, 1.82) is 0 Å². The SMILES string of the molecule is CCC(NC1CCCC1C)c1cccc(Cl)c1. The van der Waals surface area contributed by atoms with Crippen LogP contribution in [0.25, 0.3) is 0 Å². The molecule has 3 atom stereocenters. The first-order valence-corrected chi connectivity index (χ1v) is 7.10. The van der Waals surface area contributed by atoms with E-state index in [1.165, 1.54) is 24.8 Å². The minimum atomic E-state index is 0.444. The highest BCUT2D eigenvalue weighted by Gasteiger charge is 2.25. The molecule has 1 aromatic carbocycles. The van der Waals surface area contributed by atoms with E-state index in [-0.39, 0.29) is 0 Å². The van der Waals surface area contributed by atoms with Gasteiger partial charge < -0.3 is 5.32 Å². The molecular formula is C15H22ClN. The molecule has 1 N–H and O–H groups in total. The predicted molar refractivity (Wildman–Crippen MR) is 74.4 cm³/mol. The molecule has 2 heteroatoms. The van der Waals surface area contributed by atoms with Crippen LogP contribution in [0.1, 0.15) is 51.1 Å². The van der Waals surface area contributed by atoms with Gasteiger partial charge in [0.1, 0.15) is 0 Å². The molecule has 3 unspecified atom stereocenters. The molecular weight excluding hydrogens is 230 g/mol. The van der Waals surface area contributed by atoms with Gasteiger partial charge in [0.05, 0.1) is 0 Å². The summed E-state index contributed by atoms with van der Waals surface area (Å²) >= 11 is 6.06. The van der Waals surface area contributed by atoms with Gasteiger partial charge in [-0.1, -0.05) is 44.0 Å². The van der Waals surface area contributed by atoms with Gasteiger partial charge in [-0.3, -0.25) is 0 Å². The van der Waals surface area contributed by atoms with Crippen molar-refractivity contribution in [2.75, 3.05) is 0 Å². The first-order valence-electron chi connectivity index (χ1n) is 6.72. The summed E-state index contributed by atoms with van der Waals surface area (Å²) in [6, 6.07) is 9.36. The lowest BCUT2D eigenvalue weighted by Crippen LogP contribution is -2.34. The van der Waals surface area contributed by atoms with E-state index in [2.05, 4.69) is 31.3 Å². The minimum Gasteiger partial charge on any atom is -0.307 e. The fourth-order valence-corrected chi connectivity index (χ4v) is 3.02. The summed E-state index contributed by atoms with van der Waals surface area (Å²) in [5, 5.41) is 4.64. The van der Waals surface area contributed by atoms with Gasteiger partial charge in [-0.05, 0) is 42.9 Å². The van der Waals surface area contributed by atoms with Crippen molar-refractivity contribution >= 4 is 11.6 Å². The highest BCUT2D eigenvalue weighted by molar-refractivity contribution is 6.30. The summed E-state index contributed by atoms with van der Waals surface area (Å²) < 4.78 is 0. The standard InChI is InChI=1S/C15H22ClN/c1-3-14(12-7-5-8-13(16)10-12)17-15-9-4-6-11(15)2/h5,7-8,10-11,14-15,17H,3-4,6,9H2,1-2H3. The van der Waals surface area contributed by atoms with Crippen molar-refractivity contribution in [2.45, 2.75) is 51.6 Å². The Balaban J connectivity index is 2.06. The van der Waals surface area contributed by atoms with Crippen molar-refractivity contribution in [1.82, 2.24) is 5.32 Å². The van der Waals surface area contributed by atoms with Gasteiger partial charge in [0, 0.05) is 17.1 Å². The Morgan fingerprint density at radius 1 is 1.41 bits per heavy atom. The lowest BCUT2D eigenvalue weighted by atomic mass is 10.00. The van der Waals surface area contributed by atoms with E-state index >= 15 is 0 Å². The van der Waals surface area contributed by atoms with E-state index in [1.54, 1.807) is 0 Å². The van der Waals surface area contributed by atoms with Crippen LogP contribution in [0.5, 0.6) is 0 Å². The van der Waals surface area contributed by atoms with Crippen molar-refractivity contribution in [3.8, 4) is 0 Å². The van der Waals surface area contributed by atoms with Crippen LogP contribution in [-0.2, 0) is 0 Å². The highest BCUT2D eigenvalue weighted by Crippen LogP contribution is 2.29. The van der Waals surface area contributed by atoms with E-state index in [0.717, 1.165) is 17.4 Å². The van der Waals surface area contributed by atoms with Gasteiger partial charge in [-0.2, -0.15) is 0 Å². The molecule has 0 amide bonds. The molecule has 0 radical (unpaired) electrons. The van der Waals surface area contributed by atoms with E-state index in [1.807, 2.05) is 12.1 Å². The molecule has 1 fully saturated rings. The van der Waals surface area contributed by atoms with E-state index in [9.17, 15) is 0 Å². The average molecular weight is 252 g/mol. The van der Waals surface area contributed by atoms with Crippen LogP contribution >= 0.6 is 11.6 Å². The smallest absolute Gasteiger partial charge is 0.0409 e. The molecule has 94 valence electrons. The van der Waals surface area contributed by atoms with Gasteiger partial charge >= 0.3 is 0 Å². The normalized spacial score (nSPS) is 26.1. The predicted octanol–water partition coefficient (Wildman–Crippen LogP) is 4.57. The number of halogens is 1. The summed E-state index contributed by atoms with van der Waals surface area (Å²) in [5.41, 5.74) is 1.32. The first-order chi connectivity index (χ1) is 8.20. The van der Waals surface area contributed by atoms with Gasteiger partial charge in [-0.25, -0.2) is 0 Å². The Bertz CT molecular complexity index is 364. The van der Waals surface area contributed by atoms with E-state index in [4.69, 9.17) is 11.6 Å². The maximum atomic E-state index is 6.06. The Labute approximate surface area is 110 Å². The molecule has 0 aliphatic heterocycles. The second-order valence-corrected chi connectivity index (χ2v) is 5.63. The second kappa shape index (κ2) is 5.88. The molecule has 0 saturated heterocycles. The maximum Gasteiger partial charge on any atom is 0.0409 e. The van der Waals surface area contributed by atoms with Crippen LogP contribution in [0, 0.1) is 5.92 Å². The van der Waals surface area contributed by atoms with E-state index in [0.29, 0.717) is 12.1 Å². The van der Waals surface area contributed by atoms with Crippen molar-refractivity contribution in [2.24, 2.45) is 5.92 Å². The number of nitrogens with one attached hydrogen (secondary N) is 1. The molecule has 1 saturated carbocycles. The van der Waals surface area contributed by atoms with Gasteiger partial charge in [0.2, 0.25) is 0 Å². The zero-order valence-corrected chi connectivity index (χ0v) is 11.5. The van der Waals surface area contributed by atoms with Crippen LogP contribution in [0.4, 0.5) is 0 Å². The number of hydrogen-bond acceptors (Lipinski definition) is 1. The molecule has 0 spiro atoms. The van der Waals surface area contributed by atoms with Crippen molar-refractivity contribution < 1.29 is 0 Å². The molecule has 1 aliphatic carbocycles. The van der Waals surface area contributed by atoms with Crippen LogP contribution in [0.3, 0.4) is 0 Å². The topological polar surface area (TPSA) is 12.0 Å². The second-order valence-electron chi connectivity index (χ2n) is 5.20. The zero-order valence-electron chi connectivity index (χ0n) is 10.7. The van der Waals surface area contributed by atoms with Crippen LogP contribution in [-0.4, -0.2) is 6.04 Å². The Hall–Kier alpha value is -0.530.